The maximum Gasteiger partial charge on any atom is 0.0578 e. The largest absolute Gasteiger partial charge is 0.393 e. The molecular formula is C10H12BrClO. The highest BCUT2D eigenvalue weighted by atomic mass is 79.9. The van der Waals surface area contributed by atoms with Crippen LogP contribution >= 0.6 is 27.5 Å². The SMILES string of the molecule is CC(O)C(C)c1c(Cl)cccc1Br. The third-order valence-electron chi connectivity index (χ3n) is 2.18. The topological polar surface area (TPSA) is 20.2 Å². The van der Waals surface area contributed by atoms with E-state index in [2.05, 4.69) is 15.9 Å². The summed E-state index contributed by atoms with van der Waals surface area (Å²) in [5, 5.41) is 10.1. The molecular weight excluding hydrogens is 251 g/mol. The number of hydrogen-bond acceptors (Lipinski definition) is 1. The molecule has 72 valence electrons. The number of rotatable bonds is 2. The Bertz CT molecular complexity index is 279. The minimum absolute atomic E-state index is 0.0445. The number of benzene rings is 1. The van der Waals surface area contributed by atoms with Crippen molar-refractivity contribution in [1.29, 1.82) is 0 Å². The normalized spacial score (nSPS) is 15.5. The second kappa shape index (κ2) is 4.45. The van der Waals surface area contributed by atoms with E-state index in [9.17, 15) is 5.11 Å². The Balaban J connectivity index is 3.12. The average Bonchev–Trinajstić information content (AvgIpc) is 2.03. The van der Waals surface area contributed by atoms with Crippen LogP contribution in [0.2, 0.25) is 5.02 Å². The lowest BCUT2D eigenvalue weighted by molar-refractivity contribution is 0.169. The number of aliphatic hydroxyl groups is 1. The lowest BCUT2D eigenvalue weighted by Crippen LogP contribution is -2.11. The molecule has 0 spiro atoms. The lowest BCUT2D eigenvalue weighted by Gasteiger charge is -2.17. The molecule has 1 aromatic carbocycles. The summed E-state index contributed by atoms with van der Waals surface area (Å²) in [5.41, 5.74) is 0.971. The van der Waals surface area contributed by atoms with Crippen molar-refractivity contribution in [1.82, 2.24) is 0 Å². The first-order chi connectivity index (χ1) is 6.04. The van der Waals surface area contributed by atoms with Crippen LogP contribution in [0.3, 0.4) is 0 Å². The fourth-order valence-electron chi connectivity index (χ4n) is 1.19. The summed E-state index contributed by atoms with van der Waals surface area (Å²) in [7, 11) is 0. The van der Waals surface area contributed by atoms with Gasteiger partial charge in [-0.05, 0) is 24.6 Å². The van der Waals surface area contributed by atoms with Crippen LogP contribution in [0, 0.1) is 0 Å². The van der Waals surface area contributed by atoms with Crippen molar-refractivity contribution < 1.29 is 5.11 Å². The van der Waals surface area contributed by atoms with E-state index < -0.39 is 6.10 Å². The molecule has 0 aliphatic carbocycles. The molecule has 1 aromatic rings. The fourth-order valence-corrected chi connectivity index (χ4v) is 2.37. The Morgan fingerprint density at radius 3 is 2.46 bits per heavy atom. The van der Waals surface area contributed by atoms with Crippen molar-refractivity contribution in [3.05, 3.63) is 33.3 Å². The van der Waals surface area contributed by atoms with Crippen LogP contribution in [0.4, 0.5) is 0 Å². The van der Waals surface area contributed by atoms with Crippen molar-refractivity contribution in [2.24, 2.45) is 0 Å². The predicted molar refractivity (Wildman–Crippen MR) is 59.2 cm³/mol. The highest BCUT2D eigenvalue weighted by molar-refractivity contribution is 9.10. The van der Waals surface area contributed by atoms with Gasteiger partial charge in [0.1, 0.15) is 0 Å². The quantitative estimate of drug-likeness (QED) is 0.864. The molecule has 0 saturated carbocycles. The van der Waals surface area contributed by atoms with Crippen molar-refractivity contribution in [3.63, 3.8) is 0 Å². The molecule has 1 rings (SSSR count). The summed E-state index contributed by atoms with van der Waals surface area (Å²) < 4.78 is 0.952. The summed E-state index contributed by atoms with van der Waals surface area (Å²) in [4.78, 5) is 0. The molecule has 0 saturated heterocycles. The third-order valence-corrected chi connectivity index (χ3v) is 3.20. The summed E-state index contributed by atoms with van der Waals surface area (Å²) in [5.74, 6) is 0.0445. The van der Waals surface area contributed by atoms with Crippen molar-refractivity contribution in [2.45, 2.75) is 25.9 Å². The Hall–Kier alpha value is -0.0500. The Morgan fingerprint density at radius 2 is 2.00 bits per heavy atom. The molecule has 0 bridgehead atoms. The molecule has 1 N–H and O–H groups in total. The summed E-state index contributed by atoms with van der Waals surface area (Å²) in [6, 6.07) is 5.64. The van der Waals surface area contributed by atoms with E-state index in [1.54, 1.807) is 6.92 Å². The highest BCUT2D eigenvalue weighted by Gasteiger charge is 2.17. The Morgan fingerprint density at radius 1 is 1.38 bits per heavy atom. The van der Waals surface area contributed by atoms with Crippen LogP contribution in [0.1, 0.15) is 25.3 Å². The number of halogens is 2. The van der Waals surface area contributed by atoms with E-state index in [1.165, 1.54) is 0 Å². The van der Waals surface area contributed by atoms with Crippen molar-refractivity contribution in [3.8, 4) is 0 Å². The molecule has 0 aliphatic heterocycles. The van der Waals surface area contributed by atoms with E-state index in [4.69, 9.17) is 11.6 Å². The first-order valence-electron chi connectivity index (χ1n) is 4.16. The summed E-state index contributed by atoms with van der Waals surface area (Å²) in [6.45, 7) is 3.72. The van der Waals surface area contributed by atoms with Crippen molar-refractivity contribution >= 4 is 27.5 Å². The van der Waals surface area contributed by atoms with Gasteiger partial charge in [0.25, 0.3) is 0 Å². The van der Waals surface area contributed by atoms with Gasteiger partial charge in [-0.3, -0.25) is 0 Å². The Kier molecular flexibility index (Phi) is 3.77. The summed E-state index contributed by atoms with van der Waals surface area (Å²) in [6.07, 6.45) is -0.392. The van der Waals surface area contributed by atoms with Crippen LogP contribution < -0.4 is 0 Å². The van der Waals surface area contributed by atoms with E-state index in [1.807, 2.05) is 25.1 Å². The molecule has 0 amide bonds. The zero-order valence-electron chi connectivity index (χ0n) is 7.59. The monoisotopic (exact) mass is 262 g/mol. The smallest absolute Gasteiger partial charge is 0.0578 e. The zero-order valence-corrected chi connectivity index (χ0v) is 9.93. The zero-order chi connectivity index (χ0) is 10.0. The van der Waals surface area contributed by atoms with Crippen LogP contribution in [-0.4, -0.2) is 11.2 Å². The van der Waals surface area contributed by atoms with Crippen LogP contribution in [0.15, 0.2) is 22.7 Å². The van der Waals surface area contributed by atoms with Gasteiger partial charge in [0.15, 0.2) is 0 Å². The molecule has 13 heavy (non-hydrogen) atoms. The van der Waals surface area contributed by atoms with Gasteiger partial charge >= 0.3 is 0 Å². The molecule has 3 heteroatoms. The van der Waals surface area contributed by atoms with E-state index in [0.29, 0.717) is 5.02 Å². The van der Waals surface area contributed by atoms with Gasteiger partial charge < -0.3 is 5.11 Å². The molecule has 1 nitrogen and oxygen atoms in total. The first kappa shape index (κ1) is 11.0. The minimum atomic E-state index is -0.392. The fraction of sp³-hybridized carbons (Fsp3) is 0.400. The van der Waals surface area contributed by atoms with Gasteiger partial charge in [0.2, 0.25) is 0 Å². The maximum atomic E-state index is 9.44. The predicted octanol–water partition coefficient (Wildman–Crippen LogP) is 3.59. The molecule has 0 fully saturated rings. The van der Waals surface area contributed by atoms with Gasteiger partial charge in [0.05, 0.1) is 6.10 Å². The maximum absolute atomic E-state index is 9.44. The average molecular weight is 264 g/mol. The number of hydrogen-bond donors (Lipinski definition) is 1. The summed E-state index contributed by atoms with van der Waals surface area (Å²) >= 11 is 9.45. The lowest BCUT2D eigenvalue weighted by atomic mass is 9.96. The van der Waals surface area contributed by atoms with Crippen LogP contribution in [0.5, 0.6) is 0 Å². The van der Waals surface area contributed by atoms with E-state index >= 15 is 0 Å². The van der Waals surface area contributed by atoms with Crippen molar-refractivity contribution in [2.75, 3.05) is 0 Å². The Labute approximate surface area is 91.9 Å². The van der Waals surface area contributed by atoms with E-state index in [0.717, 1.165) is 10.0 Å². The second-order valence-electron chi connectivity index (χ2n) is 3.16. The third kappa shape index (κ3) is 2.46. The number of aliphatic hydroxyl groups excluding tert-OH is 1. The van der Waals surface area contributed by atoms with Gasteiger partial charge in [-0.25, -0.2) is 0 Å². The highest BCUT2D eigenvalue weighted by Crippen LogP contribution is 2.33. The molecule has 2 atom stereocenters. The van der Waals surface area contributed by atoms with Gasteiger partial charge in [-0.15, -0.1) is 0 Å². The first-order valence-corrected chi connectivity index (χ1v) is 5.33. The van der Waals surface area contributed by atoms with Gasteiger partial charge in [0, 0.05) is 15.4 Å². The molecule has 0 heterocycles. The molecule has 0 aromatic heterocycles. The molecule has 0 aliphatic rings. The van der Waals surface area contributed by atoms with Gasteiger partial charge in [-0.1, -0.05) is 40.5 Å². The van der Waals surface area contributed by atoms with Gasteiger partial charge in [-0.2, -0.15) is 0 Å². The van der Waals surface area contributed by atoms with Crippen LogP contribution in [-0.2, 0) is 0 Å². The van der Waals surface area contributed by atoms with Crippen LogP contribution in [0.25, 0.3) is 0 Å². The second-order valence-corrected chi connectivity index (χ2v) is 4.43. The molecule has 0 radical (unpaired) electrons. The van der Waals surface area contributed by atoms with E-state index in [-0.39, 0.29) is 5.92 Å². The molecule has 2 unspecified atom stereocenters. The standard InChI is InChI=1S/C10H12BrClO/c1-6(7(2)13)10-8(11)4-3-5-9(10)12/h3-7,13H,1-2H3. The minimum Gasteiger partial charge on any atom is -0.393 e.